The molecule has 0 bridgehead atoms. The predicted molar refractivity (Wildman–Crippen MR) is 70.8 cm³/mol. The predicted octanol–water partition coefficient (Wildman–Crippen LogP) is 5.06. The number of hydrogen-bond acceptors (Lipinski definition) is 2. The van der Waals surface area contributed by atoms with Crippen molar-refractivity contribution in [3.8, 4) is 11.5 Å². The van der Waals surface area contributed by atoms with Crippen LogP contribution in [0.2, 0.25) is 0 Å². The van der Waals surface area contributed by atoms with E-state index in [1.807, 2.05) is 0 Å². The molecule has 2 nitrogen and oxygen atoms in total. The second kappa shape index (κ2) is 4.59. The van der Waals surface area contributed by atoms with Crippen LogP contribution in [-0.4, -0.2) is 11.7 Å². The minimum Gasteiger partial charge on any atom is -0.453 e. The maximum Gasteiger partial charge on any atom is 0.374 e. The first-order valence-electron chi connectivity index (χ1n) is 5.84. The smallest absolute Gasteiger partial charge is 0.374 e. The second-order valence-electron chi connectivity index (χ2n) is 4.26. The van der Waals surface area contributed by atoms with Crippen LogP contribution >= 0.6 is 11.6 Å². The van der Waals surface area contributed by atoms with Gasteiger partial charge in [0.1, 0.15) is 0 Å². The van der Waals surface area contributed by atoms with E-state index in [0.717, 1.165) is 0 Å². The first-order chi connectivity index (χ1) is 9.51. The molecule has 1 heterocycles. The molecule has 1 aliphatic heterocycles. The number of para-hydroxylation sites is 4. The highest BCUT2D eigenvalue weighted by molar-refractivity contribution is 6.20. The molecule has 3 rings (SSSR count). The molecule has 2 aromatic carbocycles. The molecule has 1 atom stereocenters. The first-order valence-corrected chi connectivity index (χ1v) is 6.27. The fourth-order valence-corrected chi connectivity index (χ4v) is 2.22. The van der Waals surface area contributed by atoms with Crippen molar-refractivity contribution in [1.29, 1.82) is 0 Å². The van der Waals surface area contributed by atoms with E-state index in [1.54, 1.807) is 24.3 Å². The van der Waals surface area contributed by atoms with Crippen LogP contribution in [0.4, 0.5) is 24.5 Å². The largest absolute Gasteiger partial charge is 0.453 e. The van der Waals surface area contributed by atoms with Gasteiger partial charge in [-0.2, -0.15) is 8.78 Å². The molecular formula is C14H9ClF3NO. The molecule has 1 unspecified atom stereocenters. The molecule has 0 saturated carbocycles. The van der Waals surface area contributed by atoms with Gasteiger partial charge in [0, 0.05) is 0 Å². The van der Waals surface area contributed by atoms with Crippen LogP contribution in [0.3, 0.4) is 0 Å². The first kappa shape index (κ1) is 13.1. The fourth-order valence-electron chi connectivity index (χ4n) is 2.12. The summed E-state index contributed by atoms with van der Waals surface area (Å²) < 4.78 is 47.0. The number of rotatable bonds is 2. The average molecular weight is 300 g/mol. The molecule has 0 N–H and O–H groups in total. The molecule has 0 spiro atoms. The third-order valence-electron chi connectivity index (χ3n) is 2.99. The van der Waals surface area contributed by atoms with E-state index in [9.17, 15) is 13.2 Å². The summed E-state index contributed by atoms with van der Waals surface area (Å²) in [5.41, 5.74) is -2.71. The summed E-state index contributed by atoms with van der Waals surface area (Å²) in [6.45, 7) is 0. The van der Waals surface area contributed by atoms with E-state index in [0.29, 0.717) is 4.90 Å². The number of fused-ring (bicyclic) bond motifs is 2. The van der Waals surface area contributed by atoms with Crippen molar-refractivity contribution in [2.45, 2.75) is 11.7 Å². The van der Waals surface area contributed by atoms with Crippen LogP contribution in [0.25, 0.3) is 0 Å². The second-order valence-corrected chi connectivity index (χ2v) is 4.64. The normalized spacial score (nSPS) is 15.1. The van der Waals surface area contributed by atoms with Crippen molar-refractivity contribution >= 4 is 23.0 Å². The summed E-state index contributed by atoms with van der Waals surface area (Å²) in [6.07, 6.45) is 0. The molecule has 20 heavy (non-hydrogen) atoms. The maximum absolute atomic E-state index is 14.2. The SMILES string of the molecule is FC(Cl)C(F)(F)N1c2ccccc2Oc2ccccc21. The summed E-state index contributed by atoms with van der Waals surface area (Å²) in [5, 5.41) is 0. The Morgan fingerprint density at radius 2 is 1.40 bits per heavy atom. The van der Waals surface area contributed by atoms with E-state index in [4.69, 9.17) is 16.3 Å². The minimum atomic E-state index is -3.89. The van der Waals surface area contributed by atoms with Crippen LogP contribution in [0, 0.1) is 0 Å². The van der Waals surface area contributed by atoms with Crippen molar-refractivity contribution in [3.05, 3.63) is 48.5 Å². The number of nitrogens with zero attached hydrogens (tertiary/aromatic N) is 1. The monoisotopic (exact) mass is 299 g/mol. The highest BCUT2D eigenvalue weighted by atomic mass is 35.5. The van der Waals surface area contributed by atoms with Crippen LogP contribution in [0.1, 0.15) is 0 Å². The Kier molecular flexibility index (Phi) is 3.01. The van der Waals surface area contributed by atoms with Gasteiger partial charge in [0.2, 0.25) is 0 Å². The van der Waals surface area contributed by atoms with Crippen molar-refractivity contribution in [3.63, 3.8) is 0 Å². The van der Waals surface area contributed by atoms with Crippen molar-refractivity contribution in [1.82, 2.24) is 0 Å². The third-order valence-corrected chi connectivity index (χ3v) is 3.26. The average Bonchev–Trinajstić information content (AvgIpc) is 2.44. The van der Waals surface area contributed by atoms with Crippen LogP contribution in [-0.2, 0) is 0 Å². The molecule has 104 valence electrons. The van der Waals surface area contributed by atoms with E-state index in [-0.39, 0.29) is 22.9 Å². The summed E-state index contributed by atoms with van der Waals surface area (Å²) in [6, 6.07) is 8.48. The zero-order valence-corrected chi connectivity index (χ0v) is 10.8. The third kappa shape index (κ3) is 1.89. The number of ether oxygens (including phenoxy) is 1. The number of alkyl halides is 4. The van der Waals surface area contributed by atoms with E-state index >= 15 is 0 Å². The summed E-state index contributed by atoms with van der Waals surface area (Å²) in [7, 11) is 0. The molecular weight excluding hydrogens is 291 g/mol. The van der Waals surface area contributed by atoms with Gasteiger partial charge >= 0.3 is 6.05 Å². The van der Waals surface area contributed by atoms with Gasteiger partial charge in [-0.15, -0.1) is 0 Å². The quantitative estimate of drug-likeness (QED) is 0.568. The van der Waals surface area contributed by atoms with Crippen LogP contribution in [0.15, 0.2) is 48.5 Å². The Balaban J connectivity index is 2.23. The zero-order chi connectivity index (χ0) is 14.3. The number of halogens is 4. The van der Waals surface area contributed by atoms with Gasteiger partial charge < -0.3 is 4.74 Å². The van der Waals surface area contributed by atoms with Crippen molar-refractivity contribution in [2.24, 2.45) is 0 Å². The standard InChI is InChI=1S/C14H9ClF3NO/c15-13(16)14(17,18)19-9-5-1-3-7-11(9)20-12-8-4-2-6-10(12)19/h1-8,13H. The molecule has 6 heteroatoms. The summed E-state index contributed by atoms with van der Waals surface area (Å²) in [4.78, 5) is 0.568. The minimum absolute atomic E-state index is 0.0690. The molecule has 0 radical (unpaired) electrons. The summed E-state index contributed by atoms with van der Waals surface area (Å²) in [5.74, 6) is 0.450. The molecule has 0 amide bonds. The lowest BCUT2D eigenvalue weighted by atomic mass is 10.1. The Bertz CT molecular complexity index is 602. The Morgan fingerprint density at radius 1 is 0.950 bits per heavy atom. The lowest BCUT2D eigenvalue weighted by molar-refractivity contribution is -0.0341. The van der Waals surface area contributed by atoms with Gasteiger partial charge in [0.15, 0.2) is 11.5 Å². The number of hydrogen-bond donors (Lipinski definition) is 0. The molecule has 0 saturated heterocycles. The molecule has 0 aliphatic carbocycles. The number of anilines is 2. The zero-order valence-electron chi connectivity index (χ0n) is 10.1. The van der Waals surface area contributed by atoms with Crippen LogP contribution in [0.5, 0.6) is 11.5 Å². The number of benzene rings is 2. The lowest BCUT2D eigenvalue weighted by Crippen LogP contribution is -2.45. The van der Waals surface area contributed by atoms with Crippen molar-refractivity contribution in [2.75, 3.05) is 4.90 Å². The van der Waals surface area contributed by atoms with E-state index in [1.165, 1.54) is 24.3 Å². The van der Waals surface area contributed by atoms with Gasteiger partial charge in [-0.25, -0.2) is 4.39 Å². The Morgan fingerprint density at radius 3 is 1.85 bits per heavy atom. The highest BCUT2D eigenvalue weighted by Crippen LogP contribution is 2.51. The van der Waals surface area contributed by atoms with Gasteiger partial charge in [-0.3, -0.25) is 4.90 Å². The summed E-state index contributed by atoms with van der Waals surface area (Å²) >= 11 is 5.04. The highest BCUT2D eigenvalue weighted by Gasteiger charge is 2.49. The lowest BCUT2D eigenvalue weighted by Gasteiger charge is -2.37. The Hall–Kier alpha value is -1.88. The Labute approximate surface area is 118 Å². The van der Waals surface area contributed by atoms with Crippen LogP contribution < -0.4 is 9.64 Å². The van der Waals surface area contributed by atoms with Gasteiger partial charge in [-0.1, -0.05) is 35.9 Å². The van der Waals surface area contributed by atoms with E-state index < -0.39 is 11.7 Å². The maximum atomic E-state index is 14.2. The topological polar surface area (TPSA) is 12.5 Å². The molecule has 0 aromatic heterocycles. The molecule has 2 aromatic rings. The molecule has 0 fully saturated rings. The van der Waals surface area contributed by atoms with Gasteiger partial charge in [-0.05, 0) is 24.3 Å². The van der Waals surface area contributed by atoms with E-state index in [2.05, 4.69) is 0 Å². The van der Waals surface area contributed by atoms with Crippen molar-refractivity contribution < 1.29 is 17.9 Å². The van der Waals surface area contributed by atoms with Gasteiger partial charge in [0.25, 0.3) is 5.63 Å². The fraction of sp³-hybridized carbons (Fsp3) is 0.143. The van der Waals surface area contributed by atoms with Gasteiger partial charge in [0.05, 0.1) is 11.4 Å². The molecule has 1 aliphatic rings.